The number of hydrogen-bond acceptors (Lipinski definition) is 4. The highest BCUT2D eigenvalue weighted by molar-refractivity contribution is 7.95. The first-order valence-corrected chi connectivity index (χ1v) is 6.58. The van der Waals surface area contributed by atoms with Crippen LogP contribution in [0.4, 0.5) is 5.82 Å². The zero-order valence-electron chi connectivity index (χ0n) is 9.02. The quantitative estimate of drug-likeness (QED) is 0.778. The Balaban J connectivity index is 2.92. The van der Waals surface area contributed by atoms with Crippen molar-refractivity contribution in [1.29, 1.82) is 0 Å². The number of thiocarbonyl (C=S) groups is 1. The Morgan fingerprint density at radius 2 is 2.12 bits per heavy atom. The van der Waals surface area contributed by atoms with Crippen molar-refractivity contribution >= 4 is 33.0 Å². The number of pyridine rings is 1. The molecule has 0 saturated carbocycles. The smallest absolute Gasteiger partial charge is 0.240 e. The Hall–Kier alpha value is -1.21. The number of nitrogens with zero attached hydrogens (tertiary/aromatic N) is 1. The maximum Gasteiger partial charge on any atom is 0.240 e. The van der Waals surface area contributed by atoms with E-state index in [9.17, 15) is 8.42 Å². The average Bonchev–Trinajstić information content (AvgIpc) is 1.95. The molecule has 0 fully saturated rings. The third-order valence-corrected chi connectivity index (χ3v) is 3.23. The van der Waals surface area contributed by atoms with Gasteiger partial charge in [-0.1, -0.05) is 12.2 Å². The lowest BCUT2D eigenvalue weighted by Gasteiger charge is -2.07. The second kappa shape index (κ2) is 4.75. The standard InChI is InChI=1S/C9H13N3O2S2/c1-6-3-7(2)11-9(4-6)12-16(13,14)5-8(10)15/h3-4H,5H2,1-2H3,(H2,10,15)(H,11,12). The number of aryl methyl sites for hydroxylation is 2. The van der Waals surface area contributed by atoms with Crippen LogP contribution in [0, 0.1) is 13.8 Å². The summed E-state index contributed by atoms with van der Waals surface area (Å²) in [6, 6.07) is 3.50. The van der Waals surface area contributed by atoms with Gasteiger partial charge in [-0.05, 0) is 31.5 Å². The molecule has 0 amide bonds. The summed E-state index contributed by atoms with van der Waals surface area (Å²) in [7, 11) is -3.55. The lowest BCUT2D eigenvalue weighted by Crippen LogP contribution is -2.26. The first-order chi connectivity index (χ1) is 7.28. The molecule has 1 aromatic rings. The van der Waals surface area contributed by atoms with Crippen molar-refractivity contribution in [3.8, 4) is 0 Å². The molecule has 0 aliphatic heterocycles. The number of nitrogens with one attached hydrogen (secondary N) is 1. The van der Waals surface area contributed by atoms with Crippen molar-refractivity contribution in [2.75, 3.05) is 10.5 Å². The van der Waals surface area contributed by atoms with Crippen molar-refractivity contribution in [3.63, 3.8) is 0 Å². The van der Waals surface area contributed by atoms with Crippen molar-refractivity contribution in [2.24, 2.45) is 5.73 Å². The molecule has 1 heterocycles. The molecule has 3 N–H and O–H groups in total. The van der Waals surface area contributed by atoms with E-state index >= 15 is 0 Å². The van der Waals surface area contributed by atoms with E-state index in [0.29, 0.717) is 0 Å². The minimum atomic E-state index is -3.55. The van der Waals surface area contributed by atoms with Crippen LogP contribution in [-0.4, -0.2) is 24.1 Å². The van der Waals surface area contributed by atoms with E-state index in [1.54, 1.807) is 13.0 Å². The number of hydrogen-bond donors (Lipinski definition) is 2. The van der Waals surface area contributed by atoms with Crippen LogP contribution in [0.2, 0.25) is 0 Å². The van der Waals surface area contributed by atoms with Gasteiger partial charge in [0.05, 0.1) is 4.99 Å². The summed E-state index contributed by atoms with van der Waals surface area (Å²) in [6.07, 6.45) is 0. The SMILES string of the molecule is Cc1cc(C)nc(NS(=O)(=O)CC(N)=S)c1. The zero-order valence-corrected chi connectivity index (χ0v) is 10.7. The fraction of sp³-hybridized carbons (Fsp3) is 0.333. The van der Waals surface area contributed by atoms with Gasteiger partial charge in [0.25, 0.3) is 0 Å². The van der Waals surface area contributed by atoms with Crippen molar-refractivity contribution in [1.82, 2.24) is 4.98 Å². The molecule has 0 saturated heterocycles. The summed E-state index contributed by atoms with van der Waals surface area (Å²) in [6.45, 7) is 3.65. The second-order valence-corrected chi connectivity index (χ2v) is 5.75. The maximum atomic E-state index is 11.5. The van der Waals surface area contributed by atoms with Gasteiger partial charge in [-0.2, -0.15) is 0 Å². The van der Waals surface area contributed by atoms with Gasteiger partial charge in [-0.3, -0.25) is 4.72 Å². The molecule has 0 atom stereocenters. The highest BCUT2D eigenvalue weighted by atomic mass is 32.2. The Bertz CT molecular complexity index is 491. The lowest BCUT2D eigenvalue weighted by molar-refractivity contribution is 0.604. The van der Waals surface area contributed by atoms with Gasteiger partial charge in [0.1, 0.15) is 11.6 Å². The van der Waals surface area contributed by atoms with E-state index in [1.165, 1.54) is 0 Å². The van der Waals surface area contributed by atoms with Crippen molar-refractivity contribution < 1.29 is 8.42 Å². The molecular formula is C9H13N3O2S2. The van der Waals surface area contributed by atoms with Crippen LogP contribution in [0.5, 0.6) is 0 Å². The normalized spacial score (nSPS) is 11.1. The summed E-state index contributed by atoms with van der Waals surface area (Å²) in [4.78, 5) is 3.98. The van der Waals surface area contributed by atoms with E-state index in [4.69, 9.17) is 5.73 Å². The van der Waals surface area contributed by atoms with Gasteiger partial charge in [-0.25, -0.2) is 13.4 Å². The maximum absolute atomic E-state index is 11.5. The summed E-state index contributed by atoms with van der Waals surface area (Å²) in [5.41, 5.74) is 6.86. The van der Waals surface area contributed by atoms with Gasteiger partial charge >= 0.3 is 0 Å². The first kappa shape index (κ1) is 12.9. The summed E-state index contributed by atoms with van der Waals surface area (Å²) < 4.78 is 25.4. The van der Waals surface area contributed by atoms with E-state index < -0.39 is 10.0 Å². The predicted molar refractivity (Wildman–Crippen MR) is 67.9 cm³/mol. The number of aromatic nitrogens is 1. The third-order valence-electron chi connectivity index (χ3n) is 1.69. The number of nitrogens with two attached hydrogens (primary N) is 1. The van der Waals surface area contributed by atoms with Crippen molar-refractivity contribution in [3.05, 3.63) is 23.4 Å². The first-order valence-electron chi connectivity index (χ1n) is 4.52. The largest absolute Gasteiger partial charge is 0.392 e. The van der Waals surface area contributed by atoms with Gasteiger partial charge < -0.3 is 5.73 Å². The molecule has 0 aliphatic carbocycles. The second-order valence-electron chi connectivity index (χ2n) is 3.50. The van der Waals surface area contributed by atoms with Crippen LogP contribution < -0.4 is 10.5 Å². The molecular weight excluding hydrogens is 246 g/mol. The Morgan fingerprint density at radius 3 is 2.62 bits per heavy atom. The number of rotatable bonds is 4. The summed E-state index contributed by atoms with van der Waals surface area (Å²) in [5, 5.41) is 0. The van der Waals surface area contributed by atoms with E-state index in [2.05, 4.69) is 21.9 Å². The summed E-state index contributed by atoms with van der Waals surface area (Å²) in [5.74, 6) is -0.0921. The van der Waals surface area contributed by atoms with Crippen LogP contribution >= 0.6 is 12.2 Å². The molecule has 16 heavy (non-hydrogen) atoms. The lowest BCUT2D eigenvalue weighted by atomic mass is 10.2. The molecule has 0 aromatic carbocycles. The van der Waals surface area contributed by atoms with E-state index in [1.807, 2.05) is 13.0 Å². The van der Waals surface area contributed by atoms with Gasteiger partial charge in [0.15, 0.2) is 0 Å². The number of sulfonamides is 1. The molecule has 0 unspecified atom stereocenters. The molecule has 0 radical (unpaired) electrons. The molecule has 0 spiro atoms. The minimum absolute atomic E-state index is 0.0723. The Morgan fingerprint density at radius 1 is 1.50 bits per heavy atom. The molecule has 7 heteroatoms. The average molecular weight is 259 g/mol. The topological polar surface area (TPSA) is 85.1 Å². The van der Waals surface area contributed by atoms with Gasteiger partial charge in [0, 0.05) is 5.69 Å². The Kier molecular flexibility index (Phi) is 3.82. The number of anilines is 1. The molecule has 88 valence electrons. The van der Waals surface area contributed by atoms with E-state index in [-0.39, 0.29) is 16.6 Å². The van der Waals surface area contributed by atoms with Crippen LogP contribution in [0.15, 0.2) is 12.1 Å². The predicted octanol–water partition coefficient (Wildman–Crippen LogP) is 0.726. The highest BCUT2D eigenvalue weighted by Crippen LogP contribution is 2.10. The van der Waals surface area contributed by atoms with Crippen LogP contribution in [0.1, 0.15) is 11.3 Å². The van der Waals surface area contributed by atoms with Crippen LogP contribution in [-0.2, 0) is 10.0 Å². The highest BCUT2D eigenvalue weighted by Gasteiger charge is 2.12. The minimum Gasteiger partial charge on any atom is -0.392 e. The fourth-order valence-electron chi connectivity index (χ4n) is 1.28. The summed E-state index contributed by atoms with van der Waals surface area (Å²) >= 11 is 4.55. The van der Waals surface area contributed by atoms with E-state index in [0.717, 1.165) is 11.3 Å². The molecule has 1 aromatic heterocycles. The molecule has 1 rings (SSSR count). The molecule has 5 nitrogen and oxygen atoms in total. The van der Waals surface area contributed by atoms with Crippen molar-refractivity contribution in [2.45, 2.75) is 13.8 Å². The van der Waals surface area contributed by atoms with Crippen LogP contribution in [0.25, 0.3) is 0 Å². The fourth-order valence-corrected chi connectivity index (χ4v) is 2.61. The van der Waals surface area contributed by atoms with Crippen LogP contribution in [0.3, 0.4) is 0 Å². The molecule has 0 bridgehead atoms. The van der Waals surface area contributed by atoms with Gasteiger partial charge in [-0.15, -0.1) is 0 Å². The monoisotopic (exact) mass is 259 g/mol. The zero-order chi connectivity index (χ0) is 12.3. The third kappa shape index (κ3) is 4.11. The van der Waals surface area contributed by atoms with Gasteiger partial charge in [0.2, 0.25) is 10.0 Å². The Labute approximate surface area is 100 Å². The molecule has 0 aliphatic rings.